The number of aliphatic hydroxyl groups excluding tert-OH is 1. The molecule has 1 N–H and O–H groups in total. The SMILES string of the molecule is CCO[C@@H]1OC(C(=O)N(C)C2CCCCC2)=C[C@H](c2cn(C(C)=O)c3ccccc23)[C@H]1CCOCCOCCO. The van der Waals surface area contributed by atoms with Gasteiger partial charge in [-0.2, -0.15) is 0 Å². The molecule has 0 bridgehead atoms. The first-order chi connectivity index (χ1) is 19.5. The minimum Gasteiger partial charge on any atom is -0.459 e. The highest BCUT2D eigenvalue weighted by atomic mass is 16.7. The molecule has 1 aromatic carbocycles. The molecule has 1 fully saturated rings. The predicted molar refractivity (Wildman–Crippen MR) is 152 cm³/mol. The van der Waals surface area contributed by atoms with Gasteiger partial charge in [0.2, 0.25) is 12.2 Å². The average Bonchev–Trinajstić information content (AvgIpc) is 3.37. The zero-order valence-corrected chi connectivity index (χ0v) is 24.0. The molecule has 2 aromatic rings. The summed E-state index contributed by atoms with van der Waals surface area (Å²) in [6.07, 6.45) is 9.27. The van der Waals surface area contributed by atoms with Crippen molar-refractivity contribution in [1.82, 2.24) is 9.47 Å². The van der Waals surface area contributed by atoms with Crippen molar-refractivity contribution in [3.63, 3.8) is 0 Å². The summed E-state index contributed by atoms with van der Waals surface area (Å²) < 4.78 is 25.2. The summed E-state index contributed by atoms with van der Waals surface area (Å²) in [4.78, 5) is 28.1. The molecule has 3 atom stereocenters. The van der Waals surface area contributed by atoms with Crippen LogP contribution in [-0.4, -0.2) is 85.4 Å². The molecular weight excluding hydrogens is 512 g/mol. The van der Waals surface area contributed by atoms with Crippen LogP contribution in [0.2, 0.25) is 0 Å². The molecule has 2 aliphatic rings. The average molecular weight is 557 g/mol. The van der Waals surface area contributed by atoms with Gasteiger partial charge in [-0.25, -0.2) is 0 Å². The van der Waals surface area contributed by atoms with Crippen molar-refractivity contribution in [3.05, 3.63) is 47.9 Å². The van der Waals surface area contributed by atoms with E-state index in [2.05, 4.69) is 0 Å². The fourth-order valence-corrected chi connectivity index (χ4v) is 5.93. The minimum absolute atomic E-state index is 0.0195. The number of benzene rings is 1. The normalized spacial score (nSPS) is 21.7. The second-order valence-electron chi connectivity index (χ2n) is 10.6. The van der Waals surface area contributed by atoms with Crippen molar-refractivity contribution in [1.29, 1.82) is 0 Å². The molecule has 9 nitrogen and oxygen atoms in total. The lowest BCUT2D eigenvalue weighted by Gasteiger charge is -2.38. The quantitative estimate of drug-likeness (QED) is 0.363. The summed E-state index contributed by atoms with van der Waals surface area (Å²) in [6.45, 7) is 5.42. The van der Waals surface area contributed by atoms with E-state index in [1.54, 1.807) is 11.5 Å². The van der Waals surface area contributed by atoms with Crippen LogP contribution in [0.1, 0.15) is 68.6 Å². The lowest BCUT2D eigenvalue weighted by Crippen LogP contribution is -2.43. The number of carbonyl (C=O) groups excluding carboxylic acids is 2. The van der Waals surface area contributed by atoms with Crippen LogP contribution in [-0.2, 0) is 23.7 Å². The lowest BCUT2D eigenvalue weighted by molar-refractivity contribution is -0.172. The number of rotatable bonds is 13. The molecule has 0 unspecified atom stereocenters. The summed E-state index contributed by atoms with van der Waals surface area (Å²) in [5.74, 6) is -0.292. The molecule has 0 radical (unpaired) electrons. The van der Waals surface area contributed by atoms with E-state index in [1.807, 2.05) is 55.4 Å². The van der Waals surface area contributed by atoms with Gasteiger partial charge in [-0.1, -0.05) is 37.5 Å². The highest BCUT2D eigenvalue weighted by Crippen LogP contribution is 2.42. The van der Waals surface area contributed by atoms with Gasteiger partial charge in [0.05, 0.1) is 31.9 Å². The van der Waals surface area contributed by atoms with Crippen LogP contribution in [0.3, 0.4) is 0 Å². The van der Waals surface area contributed by atoms with E-state index in [1.165, 1.54) is 6.42 Å². The van der Waals surface area contributed by atoms with E-state index in [4.69, 9.17) is 24.1 Å². The number of likely N-dealkylation sites (N-methyl/N-ethyl adjacent to an activating group) is 1. The van der Waals surface area contributed by atoms with E-state index >= 15 is 0 Å². The summed E-state index contributed by atoms with van der Waals surface area (Å²) in [7, 11) is 1.87. The summed E-state index contributed by atoms with van der Waals surface area (Å²) in [6, 6.07) is 8.05. The molecule has 1 amide bonds. The monoisotopic (exact) mass is 556 g/mol. The molecule has 4 rings (SSSR count). The first-order valence-electron chi connectivity index (χ1n) is 14.6. The van der Waals surface area contributed by atoms with Crippen LogP contribution in [0.5, 0.6) is 0 Å². The summed E-state index contributed by atoms with van der Waals surface area (Å²) in [5, 5.41) is 9.85. The zero-order valence-electron chi connectivity index (χ0n) is 24.0. The van der Waals surface area contributed by atoms with Crippen molar-refractivity contribution in [2.45, 2.75) is 70.6 Å². The first kappa shape index (κ1) is 30.2. The van der Waals surface area contributed by atoms with Gasteiger partial charge in [-0.3, -0.25) is 14.2 Å². The van der Waals surface area contributed by atoms with Crippen LogP contribution in [0, 0.1) is 5.92 Å². The highest BCUT2D eigenvalue weighted by Gasteiger charge is 2.40. The molecule has 0 spiro atoms. The summed E-state index contributed by atoms with van der Waals surface area (Å²) >= 11 is 0. The second-order valence-corrected chi connectivity index (χ2v) is 10.6. The molecule has 1 aliphatic carbocycles. The maximum absolute atomic E-state index is 13.8. The third kappa shape index (κ3) is 7.13. The number of nitrogens with zero attached hydrogens (tertiary/aromatic N) is 2. The Labute approximate surface area is 237 Å². The molecule has 40 heavy (non-hydrogen) atoms. The highest BCUT2D eigenvalue weighted by molar-refractivity contribution is 5.95. The maximum Gasteiger partial charge on any atom is 0.288 e. The number of ether oxygens (including phenoxy) is 4. The fourth-order valence-electron chi connectivity index (χ4n) is 5.93. The van der Waals surface area contributed by atoms with Gasteiger partial charge in [-0.15, -0.1) is 0 Å². The van der Waals surface area contributed by atoms with Crippen molar-refractivity contribution in [2.24, 2.45) is 5.92 Å². The van der Waals surface area contributed by atoms with Crippen LogP contribution in [0.15, 0.2) is 42.3 Å². The summed E-state index contributed by atoms with van der Waals surface area (Å²) in [5.41, 5.74) is 1.79. The van der Waals surface area contributed by atoms with E-state index in [9.17, 15) is 9.59 Å². The Morgan fingerprint density at radius 3 is 2.50 bits per heavy atom. The third-order valence-electron chi connectivity index (χ3n) is 8.01. The van der Waals surface area contributed by atoms with Crippen molar-refractivity contribution >= 4 is 22.7 Å². The number of amides is 1. The Hall–Kier alpha value is -2.72. The van der Waals surface area contributed by atoms with Crippen molar-refractivity contribution in [2.75, 3.05) is 46.7 Å². The predicted octanol–water partition coefficient (Wildman–Crippen LogP) is 4.48. The van der Waals surface area contributed by atoms with E-state index < -0.39 is 6.29 Å². The van der Waals surface area contributed by atoms with Gasteiger partial charge in [0.1, 0.15) is 0 Å². The van der Waals surface area contributed by atoms with Crippen molar-refractivity contribution < 1.29 is 33.6 Å². The number of carbonyl (C=O) groups is 2. The van der Waals surface area contributed by atoms with Crippen LogP contribution >= 0.6 is 0 Å². The van der Waals surface area contributed by atoms with Crippen LogP contribution in [0.4, 0.5) is 0 Å². The smallest absolute Gasteiger partial charge is 0.288 e. The lowest BCUT2D eigenvalue weighted by atomic mass is 9.81. The van der Waals surface area contributed by atoms with Gasteiger partial charge in [0.15, 0.2) is 5.76 Å². The number of para-hydroxylation sites is 1. The van der Waals surface area contributed by atoms with Crippen LogP contribution < -0.4 is 0 Å². The molecular formula is C31H44N2O7. The van der Waals surface area contributed by atoms with E-state index in [-0.39, 0.29) is 42.9 Å². The number of aromatic nitrogens is 1. The van der Waals surface area contributed by atoms with Gasteiger partial charge < -0.3 is 29.0 Å². The molecule has 9 heteroatoms. The standard InChI is InChI=1S/C31H44N2O7/c1-4-39-31-25(14-16-37-18-19-38-17-15-34)26(27-21-33(22(2)35)28-13-9-8-12-24(27)28)20-29(40-31)30(36)32(3)23-10-6-5-7-11-23/h8-9,12-13,20-21,23,25-26,31,34H,4-7,10-11,14-19H2,1-3H3/t25-,26+,31-/m1/s1. The Morgan fingerprint density at radius 2 is 1.80 bits per heavy atom. The Balaban J connectivity index is 1.67. The minimum atomic E-state index is -0.646. The molecule has 0 saturated heterocycles. The number of allylic oxidation sites excluding steroid dienone is 1. The van der Waals surface area contributed by atoms with Gasteiger partial charge in [0, 0.05) is 56.6 Å². The Bertz CT molecular complexity index is 1150. The second kappa shape index (κ2) is 14.8. The van der Waals surface area contributed by atoms with E-state index in [0.717, 1.165) is 42.1 Å². The number of hydrogen-bond acceptors (Lipinski definition) is 7. The molecule has 1 aliphatic heterocycles. The van der Waals surface area contributed by atoms with Gasteiger partial charge in [0.25, 0.3) is 5.91 Å². The Morgan fingerprint density at radius 1 is 1.07 bits per heavy atom. The number of fused-ring (bicyclic) bond motifs is 1. The molecule has 1 saturated carbocycles. The third-order valence-corrected chi connectivity index (χ3v) is 8.01. The molecule has 2 heterocycles. The molecule has 220 valence electrons. The number of aliphatic hydroxyl groups is 1. The topological polar surface area (TPSA) is 99.5 Å². The van der Waals surface area contributed by atoms with E-state index in [0.29, 0.717) is 38.6 Å². The van der Waals surface area contributed by atoms with Gasteiger partial charge >= 0.3 is 0 Å². The largest absolute Gasteiger partial charge is 0.459 e. The van der Waals surface area contributed by atoms with Crippen molar-refractivity contribution in [3.8, 4) is 0 Å². The Kier molecular flexibility index (Phi) is 11.2. The zero-order chi connectivity index (χ0) is 28.5. The fraction of sp³-hybridized carbons (Fsp3) is 0.613. The molecule has 1 aromatic heterocycles. The van der Waals surface area contributed by atoms with Gasteiger partial charge in [-0.05, 0) is 43.9 Å². The maximum atomic E-state index is 13.8. The van der Waals surface area contributed by atoms with Crippen LogP contribution in [0.25, 0.3) is 10.9 Å². The number of hydrogen-bond donors (Lipinski definition) is 1. The first-order valence-corrected chi connectivity index (χ1v) is 14.6.